The van der Waals surface area contributed by atoms with Crippen molar-refractivity contribution in [3.63, 3.8) is 0 Å². The fourth-order valence-electron chi connectivity index (χ4n) is 1.71. The maximum atomic E-state index is 12.0. The van der Waals surface area contributed by atoms with Crippen LogP contribution in [0.3, 0.4) is 0 Å². The van der Waals surface area contributed by atoms with Crippen LogP contribution in [0.2, 0.25) is 0 Å². The van der Waals surface area contributed by atoms with Crippen LogP contribution in [0.25, 0.3) is 0 Å². The molecule has 0 aromatic carbocycles. The molecule has 1 heterocycles. The minimum absolute atomic E-state index is 0.167. The minimum Gasteiger partial charge on any atom is -0.388 e. The van der Waals surface area contributed by atoms with Gasteiger partial charge in [0.05, 0.1) is 11.3 Å². The van der Waals surface area contributed by atoms with Gasteiger partial charge >= 0.3 is 0 Å². The van der Waals surface area contributed by atoms with Gasteiger partial charge in [0.1, 0.15) is 4.88 Å². The number of amides is 1. The van der Waals surface area contributed by atoms with E-state index in [1.807, 2.05) is 20.8 Å². The van der Waals surface area contributed by atoms with E-state index in [0.29, 0.717) is 17.0 Å². The summed E-state index contributed by atoms with van der Waals surface area (Å²) in [6.07, 6.45) is 1.54. The number of rotatable bonds is 6. The molecule has 1 unspecified atom stereocenters. The lowest BCUT2D eigenvalue weighted by Crippen LogP contribution is -2.40. The van der Waals surface area contributed by atoms with Gasteiger partial charge in [-0.25, -0.2) is 0 Å². The van der Waals surface area contributed by atoms with Crippen LogP contribution in [-0.2, 0) is 0 Å². The highest BCUT2D eigenvalue weighted by molar-refractivity contribution is 7.08. The number of aliphatic hydroxyl groups is 1. The van der Waals surface area contributed by atoms with Crippen LogP contribution in [-0.4, -0.2) is 32.7 Å². The molecule has 1 rings (SSSR count). The molecule has 6 heteroatoms. The quantitative estimate of drug-likeness (QED) is 0.829. The summed E-state index contributed by atoms with van der Waals surface area (Å²) < 4.78 is 3.81. The molecule has 1 aromatic heterocycles. The monoisotopic (exact) mass is 271 g/mol. The Balaban J connectivity index is 2.63. The van der Waals surface area contributed by atoms with E-state index < -0.39 is 5.60 Å². The summed E-state index contributed by atoms with van der Waals surface area (Å²) in [4.78, 5) is 12.5. The molecule has 0 aliphatic heterocycles. The highest BCUT2D eigenvalue weighted by Crippen LogP contribution is 2.19. The molecule has 0 saturated heterocycles. The summed E-state index contributed by atoms with van der Waals surface area (Å²) in [5.74, 6) is -0.0364. The standard InChI is InChI=1S/C12H21N3O2S/c1-5-6-12(4,17)7-13-11(16)10-9(8(2)3)14-15-18-10/h8,17H,5-7H2,1-4H3,(H,13,16). The maximum Gasteiger partial charge on any atom is 0.265 e. The number of nitrogens with one attached hydrogen (secondary N) is 1. The molecule has 1 amide bonds. The van der Waals surface area contributed by atoms with E-state index in [-0.39, 0.29) is 18.4 Å². The number of carbonyl (C=O) groups is 1. The van der Waals surface area contributed by atoms with Crippen molar-refractivity contribution in [2.45, 2.75) is 52.1 Å². The maximum absolute atomic E-state index is 12.0. The average molecular weight is 271 g/mol. The third-order valence-electron chi connectivity index (χ3n) is 2.68. The highest BCUT2D eigenvalue weighted by atomic mass is 32.1. The number of carbonyl (C=O) groups excluding carboxylic acids is 1. The van der Waals surface area contributed by atoms with Gasteiger partial charge in [-0.1, -0.05) is 31.7 Å². The van der Waals surface area contributed by atoms with Gasteiger partial charge in [0.15, 0.2) is 0 Å². The molecule has 0 bridgehead atoms. The molecule has 18 heavy (non-hydrogen) atoms. The van der Waals surface area contributed by atoms with Crippen molar-refractivity contribution >= 4 is 17.4 Å². The minimum atomic E-state index is -0.861. The van der Waals surface area contributed by atoms with Gasteiger partial charge < -0.3 is 10.4 Å². The summed E-state index contributed by atoms with van der Waals surface area (Å²) in [5, 5.41) is 16.7. The van der Waals surface area contributed by atoms with Gasteiger partial charge in [0.2, 0.25) is 0 Å². The largest absolute Gasteiger partial charge is 0.388 e. The van der Waals surface area contributed by atoms with E-state index in [1.54, 1.807) is 6.92 Å². The Bertz CT molecular complexity index is 402. The van der Waals surface area contributed by atoms with Gasteiger partial charge in [-0.15, -0.1) is 5.10 Å². The highest BCUT2D eigenvalue weighted by Gasteiger charge is 2.23. The Morgan fingerprint density at radius 1 is 1.56 bits per heavy atom. The molecule has 5 nitrogen and oxygen atoms in total. The van der Waals surface area contributed by atoms with E-state index in [9.17, 15) is 9.90 Å². The smallest absolute Gasteiger partial charge is 0.265 e. The van der Waals surface area contributed by atoms with Crippen LogP contribution in [0.4, 0.5) is 0 Å². The van der Waals surface area contributed by atoms with E-state index in [2.05, 4.69) is 14.9 Å². The number of hydrogen-bond donors (Lipinski definition) is 2. The topological polar surface area (TPSA) is 75.1 Å². The van der Waals surface area contributed by atoms with Crippen molar-refractivity contribution in [2.75, 3.05) is 6.54 Å². The van der Waals surface area contributed by atoms with Crippen LogP contribution in [0.15, 0.2) is 0 Å². The van der Waals surface area contributed by atoms with Gasteiger partial charge in [0.25, 0.3) is 5.91 Å². The Morgan fingerprint density at radius 2 is 2.22 bits per heavy atom. The molecule has 0 spiro atoms. The molecule has 2 N–H and O–H groups in total. The Labute approximate surface area is 112 Å². The molecule has 102 valence electrons. The van der Waals surface area contributed by atoms with Gasteiger partial charge in [-0.2, -0.15) is 0 Å². The molecular weight excluding hydrogens is 250 g/mol. The summed E-state index contributed by atoms with van der Waals surface area (Å²) in [5.41, 5.74) is -0.145. The van der Waals surface area contributed by atoms with E-state index in [4.69, 9.17) is 0 Å². The van der Waals surface area contributed by atoms with E-state index in [1.165, 1.54) is 0 Å². The molecular formula is C12H21N3O2S. The molecule has 1 aromatic rings. The van der Waals surface area contributed by atoms with Crippen LogP contribution >= 0.6 is 11.5 Å². The van der Waals surface area contributed by atoms with Crippen LogP contribution in [0.5, 0.6) is 0 Å². The van der Waals surface area contributed by atoms with E-state index >= 15 is 0 Å². The van der Waals surface area contributed by atoms with Crippen LogP contribution < -0.4 is 5.32 Å². The summed E-state index contributed by atoms with van der Waals surface area (Å²) >= 11 is 1.10. The second kappa shape index (κ2) is 6.24. The first-order valence-corrected chi connectivity index (χ1v) is 6.97. The van der Waals surface area contributed by atoms with Crippen molar-refractivity contribution in [1.29, 1.82) is 0 Å². The lowest BCUT2D eigenvalue weighted by Gasteiger charge is -2.22. The number of aromatic nitrogens is 2. The van der Waals surface area contributed by atoms with Gasteiger partial charge in [-0.3, -0.25) is 4.79 Å². The number of hydrogen-bond acceptors (Lipinski definition) is 5. The summed E-state index contributed by atoms with van der Waals surface area (Å²) in [6.45, 7) is 7.92. The Morgan fingerprint density at radius 3 is 2.78 bits per heavy atom. The Hall–Kier alpha value is -1.01. The zero-order valence-corrected chi connectivity index (χ0v) is 12.2. The van der Waals surface area contributed by atoms with Crippen molar-refractivity contribution in [3.8, 4) is 0 Å². The SMILES string of the molecule is CCCC(C)(O)CNC(=O)c1snnc1C(C)C. The lowest BCUT2D eigenvalue weighted by molar-refractivity contribution is 0.0470. The predicted molar refractivity (Wildman–Crippen MR) is 71.9 cm³/mol. The van der Waals surface area contributed by atoms with Crippen molar-refractivity contribution in [3.05, 3.63) is 10.6 Å². The molecule has 0 fully saturated rings. The first-order valence-electron chi connectivity index (χ1n) is 6.20. The third kappa shape index (κ3) is 4.03. The fraction of sp³-hybridized carbons (Fsp3) is 0.750. The normalized spacial score (nSPS) is 14.6. The van der Waals surface area contributed by atoms with Crippen molar-refractivity contribution in [1.82, 2.24) is 14.9 Å². The average Bonchev–Trinajstić information content (AvgIpc) is 2.74. The fourth-order valence-corrected chi connectivity index (χ4v) is 2.45. The molecule has 0 radical (unpaired) electrons. The second-order valence-electron chi connectivity index (χ2n) is 5.07. The van der Waals surface area contributed by atoms with Crippen molar-refractivity contribution < 1.29 is 9.90 Å². The lowest BCUT2D eigenvalue weighted by atomic mass is 10.0. The third-order valence-corrected chi connectivity index (χ3v) is 3.43. The first-order chi connectivity index (χ1) is 8.37. The molecule has 0 aliphatic rings. The van der Waals surface area contributed by atoms with Crippen LogP contribution in [0, 0.1) is 0 Å². The van der Waals surface area contributed by atoms with Gasteiger partial charge in [0, 0.05) is 6.54 Å². The predicted octanol–water partition coefficient (Wildman–Crippen LogP) is 1.94. The Kier molecular flexibility index (Phi) is 5.22. The zero-order chi connectivity index (χ0) is 13.8. The van der Waals surface area contributed by atoms with Crippen LogP contribution in [0.1, 0.15) is 61.8 Å². The first kappa shape index (κ1) is 15.0. The second-order valence-corrected chi connectivity index (χ2v) is 5.83. The number of nitrogens with zero attached hydrogens (tertiary/aromatic N) is 2. The molecule has 0 saturated carbocycles. The molecule has 1 atom stereocenters. The zero-order valence-electron chi connectivity index (χ0n) is 11.4. The van der Waals surface area contributed by atoms with Gasteiger partial charge in [-0.05, 0) is 30.8 Å². The van der Waals surface area contributed by atoms with Crippen molar-refractivity contribution in [2.24, 2.45) is 0 Å². The summed E-state index contributed by atoms with van der Waals surface area (Å²) in [7, 11) is 0. The van der Waals surface area contributed by atoms with E-state index in [0.717, 1.165) is 18.0 Å². The molecule has 0 aliphatic carbocycles. The summed E-state index contributed by atoms with van der Waals surface area (Å²) in [6, 6.07) is 0.